The number of aliphatic hydroxyl groups is 1. The van der Waals surface area contributed by atoms with E-state index in [4.69, 9.17) is 21.4 Å². The molecule has 7 nitrogen and oxygen atoms in total. The number of fused-ring (bicyclic) bond motifs is 1. The zero-order chi connectivity index (χ0) is 25.2. The van der Waals surface area contributed by atoms with Gasteiger partial charge in [-0.15, -0.1) is 0 Å². The summed E-state index contributed by atoms with van der Waals surface area (Å²) in [7, 11) is 1.98. The van der Waals surface area contributed by atoms with Gasteiger partial charge in [-0.25, -0.2) is 14.4 Å². The fourth-order valence-electron chi connectivity index (χ4n) is 3.56. The maximum atomic E-state index is 13.5. The number of aliphatic hydroxyl groups excluding tert-OH is 1. The number of hydrogen-bond donors (Lipinski definition) is 2. The SMILES string of the molecule is CCOc1cc2ncnc(Nc3ccc(F)c(Cl)c3)c2cc1CC(=O)/C=C/CN(C)CCCCO. The number of likely N-dealkylation sites (N-methyl/N-ethyl adjacent to an activating group) is 1. The Hall–Kier alpha value is -3.07. The van der Waals surface area contributed by atoms with Crippen molar-refractivity contribution >= 4 is 39.8 Å². The second-order valence-electron chi connectivity index (χ2n) is 8.12. The smallest absolute Gasteiger partial charge is 0.159 e. The normalized spacial score (nSPS) is 11.5. The van der Waals surface area contributed by atoms with Crippen LogP contribution in [0.4, 0.5) is 15.9 Å². The minimum Gasteiger partial charge on any atom is -0.494 e. The van der Waals surface area contributed by atoms with E-state index in [9.17, 15) is 9.18 Å². The van der Waals surface area contributed by atoms with Crippen LogP contribution in [0.1, 0.15) is 25.3 Å². The maximum absolute atomic E-state index is 13.5. The summed E-state index contributed by atoms with van der Waals surface area (Å²) in [5, 5.41) is 12.7. The molecule has 0 bridgehead atoms. The van der Waals surface area contributed by atoms with Crippen LogP contribution in [0.25, 0.3) is 10.9 Å². The number of benzene rings is 2. The molecule has 0 fully saturated rings. The van der Waals surface area contributed by atoms with Crippen LogP contribution in [0, 0.1) is 5.82 Å². The predicted octanol–water partition coefficient (Wildman–Crippen LogP) is 4.94. The average molecular weight is 501 g/mol. The summed E-state index contributed by atoms with van der Waals surface area (Å²) in [5.41, 5.74) is 1.95. The molecule has 0 aliphatic carbocycles. The molecule has 9 heteroatoms. The Morgan fingerprint density at radius 2 is 2.09 bits per heavy atom. The van der Waals surface area contributed by atoms with Gasteiger partial charge in [0, 0.05) is 42.3 Å². The van der Waals surface area contributed by atoms with E-state index < -0.39 is 5.82 Å². The minimum absolute atomic E-state index is 0.00380. The van der Waals surface area contributed by atoms with Gasteiger partial charge in [0.2, 0.25) is 0 Å². The van der Waals surface area contributed by atoms with Gasteiger partial charge in [-0.2, -0.15) is 0 Å². The molecule has 3 rings (SSSR count). The van der Waals surface area contributed by atoms with Gasteiger partial charge < -0.3 is 20.1 Å². The standard InChI is InChI=1S/C26H30ClFN4O3/c1-3-35-25-16-24-21(26(30-17-29-24)31-19-8-9-23(28)22(27)15-19)14-18(25)13-20(34)7-6-11-32(2)10-4-5-12-33/h6-9,14-17,33H,3-5,10-13H2,1-2H3,(H,29,30,31)/b7-6+. The minimum atomic E-state index is -0.503. The molecular formula is C26H30ClFN4O3. The zero-order valence-electron chi connectivity index (χ0n) is 19.9. The van der Waals surface area contributed by atoms with Crippen LogP contribution in [0.5, 0.6) is 5.75 Å². The van der Waals surface area contributed by atoms with Crippen LogP contribution >= 0.6 is 11.6 Å². The fourth-order valence-corrected chi connectivity index (χ4v) is 3.74. The predicted molar refractivity (Wildman–Crippen MR) is 137 cm³/mol. The Labute approximate surface area is 209 Å². The Morgan fingerprint density at radius 1 is 1.26 bits per heavy atom. The zero-order valence-corrected chi connectivity index (χ0v) is 20.7. The van der Waals surface area contributed by atoms with E-state index in [-0.39, 0.29) is 23.8 Å². The number of ketones is 1. The van der Waals surface area contributed by atoms with Crippen molar-refractivity contribution in [1.29, 1.82) is 0 Å². The number of nitrogens with zero attached hydrogens (tertiary/aromatic N) is 3. The Bertz CT molecular complexity index is 1190. The van der Waals surface area contributed by atoms with Gasteiger partial charge in [0.25, 0.3) is 0 Å². The molecule has 0 aliphatic heterocycles. The van der Waals surface area contributed by atoms with Crippen molar-refractivity contribution in [3.63, 3.8) is 0 Å². The molecule has 186 valence electrons. The molecule has 0 unspecified atom stereocenters. The third-order valence-electron chi connectivity index (χ3n) is 5.33. The molecule has 0 saturated heterocycles. The molecule has 0 saturated carbocycles. The highest BCUT2D eigenvalue weighted by atomic mass is 35.5. The maximum Gasteiger partial charge on any atom is 0.159 e. The van der Waals surface area contributed by atoms with Crippen LogP contribution in [0.3, 0.4) is 0 Å². The lowest BCUT2D eigenvalue weighted by Gasteiger charge is -2.14. The van der Waals surface area contributed by atoms with E-state index in [0.29, 0.717) is 41.3 Å². The first-order valence-corrected chi connectivity index (χ1v) is 11.9. The third kappa shape index (κ3) is 7.71. The van der Waals surface area contributed by atoms with Crippen molar-refractivity contribution in [2.75, 3.05) is 38.7 Å². The largest absolute Gasteiger partial charge is 0.494 e. The average Bonchev–Trinajstić information content (AvgIpc) is 2.82. The van der Waals surface area contributed by atoms with E-state index in [1.807, 2.05) is 26.1 Å². The van der Waals surface area contributed by atoms with Crippen molar-refractivity contribution in [3.8, 4) is 5.75 Å². The van der Waals surface area contributed by atoms with Crippen LogP contribution in [-0.2, 0) is 11.2 Å². The second-order valence-corrected chi connectivity index (χ2v) is 8.53. The number of allylic oxidation sites excluding steroid dienone is 1. The van der Waals surface area contributed by atoms with Crippen LogP contribution in [-0.4, -0.2) is 59.1 Å². The van der Waals surface area contributed by atoms with Gasteiger partial charge >= 0.3 is 0 Å². The third-order valence-corrected chi connectivity index (χ3v) is 5.62. The van der Waals surface area contributed by atoms with Crippen LogP contribution < -0.4 is 10.1 Å². The monoisotopic (exact) mass is 500 g/mol. The number of hydrogen-bond acceptors (Lipinski definition) is 7. The molecule has 0 spiro atoms. The molecule has 1 heterocycles. The molecule has 35 heavy (non-hydrogen) atoms. The molecular weight excluding hydrogens is 471 g/mol. The highest BCUT2D eigenvalue weighted by molar-refractivity contribution is 6.31. The fraction of sp³-hybridized carbons (Fsp3) is 0.346. The first-order valence-electron chi connectivity index (χ1n) is 11.5. The summed E-state index contributed by atoms with van der Waals surface area (Å²) in [5.74, 6) is 0.550. The Morgan fingerprint density at radius 3 is 2.83 bits per heavy atom. The van der Waals surface area contributed by atoms with E-state index in [2.05, 4.69) is 20.2 Å². The lowest BCUT2D eigenvalue weighted by molar-refractivity contribution is -0.114. The number of rotatable bonds is 13. The number of ether oxygens (including phenoxy) is 1. The lowest BCUT2D eigenvalue weighted by atomic mass is 10.0. The molecule has 0 amide bonds. The van der Waals surface area contributed by atoms with E-state index >= 15 is 0 Å². The Balaban J connectivity index is 1.80. The first-order chi connectivity index (χ1) is 16.9. The number of nitrogens with one attached hydrogen (secondary N) is 1. The summed E-state index contributed by atoms with van der Waals surface area (Å²) in [4.78, 5) is 23.5. The van der Waals surface area contributed by atoms with Crippen molar-refractivity contribution < 1.29 is 19.0 Å². The number of carbonyl (C=O) groups excluding carboxylic acids is 1. The van der Waals surface area contributed by atoms with E-state index in [0.717, 1.165) is 24.9 Å². The van der Waals surface area contributed by atoms with Gasteiger partial charge in [-0.3, -0.25) is 4.79 Å². The molecule has 1 aromatic heterocycles. The molecule has 2 aromatic carbocycles. The number of aromatic nitrogens is 2. The second kappa shape index (κ2) is 13.1. The van der Waals surface area contributed by atoms with E-state index in [1.165, 1.54) is 18.5 Å². The van der Waals surface area contributed by atoms with Gasteiger partial charge in [0.05, 0.1) is 17.1 Å². The van der Waals surface area contributed by atoms with Gasteiger partial charge in [-0.05, 0) is 63.7 Å². The summed E-state index contributed by atoms with van der Waals surface area (Å²) in [6, 6.07) is 7.97. The number of carbonyl (C=O) groups is 1. The molecule has 2 N–H and O–H groups in total. The number of anilines is 2. The Kier molecular flexibility index (Phi) is 9.96. The molecule has 3 aromatic rings. The summed E-state index contributed by atoms with van der Waals surface area (Å²) < 4.78 is 19.3. The molecule has 0 radical (unpaired) electrons. The lowest BCUT2D eigenvalue weighted by Crippen LogP contribution is -2.20. The van der Waals surface area contributed by atoms with Crippen LogP contribution in [0.15, 0.2) is 48.8 Å². The number of halogens is 2. The topological polar surface area (TPSA) is 87.6 Å². The number of unbranched alkanes of at least 4 members (excludes halogenated alkanes) is 1. The first kappa shape index (κ1) is 26.5. The van der Waals surface area contributed by atoms with Crippen molar-refractivity contribution in [1.82, 2.24) is 14.9 Å². The van der Waals surface area contributed by atoms with Crippen LogP contribution in [0.2, 0.25) is 5.02 Å². The highest BCUT2D eigenvalue weighted by Crippen LogP contribution is 2.31. The molecule has 0 atom stereocenters. The van der Waals surface area contributed by atoms with Crippen molar-refractivity contribution in [3.05, 3.63) is 65.2 Å². The van der Waals surface area contributed by atoms with Gasteiger partial charge in [0.15, 0.2) is 5.78 Å². The van der Waals surface area contributed by atoms with Crippen molar-refractivity contribution in [2.24, 2.45) is 0 Å². The van der Waals surface area contributed by atoms with Crippen molar-refractivity contribution in [2.45, 2.75) is 26.2 Å². The summed E-state index contributed by atoms with van der Waals surface area (Å²) >= 11 is 5.91. The highest BCUT2D eigenvalue weighted by Gasteiger charge is 2.14. The van der Waals surface area contributed by atoms with Gasteiger partial charge in [-0.1, -0.05) is 17.7 Å². The van der Waals surface area contributed by atoms with E-state index in [1.54, 1.807) is 18.2 Å². The summed E-state index contributed by atoms with van der Waals surface area (Å²) in [6.07, 6.45) is 6.69. The summed E-state index contributed by atoms with van der Waals surface area (Å²) in [6.45, 7) is 4.03. The quantitative estimate of drug-likeness (QED) is 0.254. The molecule has 0 aliphatic rings. The van der Waals surface area contributed by atoms with Gasteiger partial charge in [0.1, 0.15) is 23.7 Å².